The average molecular weight is 579 g/mol. The van der Waals surface area contributed by atoms with E-state index in [-0.39, 0.29) is 12.3 Å². The number of methoxy groups -OCH3 is 2. The number of benzene rings is 4. The van der Waals surface area contributed by atoms with Crippen LogP contribution in [0.5, 0.6) is 11.5 Å². The van der Waals surface area contributed by atoms with Crippen LogP contribution in [0.3, 0.4) is 0 Å². The molecule has 0 saturated heterocycles. The average Bonchev–Trinajstić information content (AvgIpc) is 3.59. The summed E-state index contributed by atoms with van der Waals surface area (Å²) in [5.41, 5.74) is 9.49. The van der Waals surface area contributed by atoms with Crippen LogP contribution in [0.25, 0.3) is 33.3 Å². The number of nitrogens with zero attached hydrogens (tertiary/aromatic N) is 3. The van der Waals surface area contributed by atoms with Gasteiger partial charge in [0, 0.05) is 30.1 Å². The molecule has 216 valence electrons. The summed E-state index contributed by atoms with van der Waals surface area (Å²) in [5, 5.41) is 23.7. The topological polar surface area (TPSA) is 100 Å². The lowest BCUT2D eigenvalue weighted by Crippen LogP contribution is -2.14. The fraction of sp³-hybridized carbons (Fsp3) is 0.162. The number of anilines is 1. The van der Waals surface area contributed by atoms with E-state index in [1.807, 2.05) is 91.9 Å². The standard InChI is InChI=1S/C37H30N4O3/c1-4-41-35-20-29(44-3)14-16-31(35)34(22-39)37(41)25-9-11-27(12-10-25)40-36(42)17-23-5-7-24(8-6-23)32-19-26-18-28(43-2)13-15-30(26)33(32)21-38/h5-16,18,20H,4,17,19H2,1-3H3,(H,40,42). The number of carbonyl (C=O) groups excluding carboxylic acids is 1. The molecule has 0 spiro atoms. The molecule has 1 amide bonds. The lowest BCUT2D eigenvalue weighted by molar-refractivity contribution is -0.115. The summed E-state index contributed by atoms with van der Waals surface area (Å²) in [6.45, 7) is 2.74. The molecule has 1 aliphatic rings. The molecule has 5 aromatic rings. The van der Waals surface area contributed by atoms with Crippen LogP contribution in [0.4, 0.5) is 5.69 Å². The third-order valence-electron chi connectivity index (χ3n) is 8.17. The number of hydrogen-bond donors (Lipinski definition) is 1. The zero-order valence-corrected chi connectivity index (χ0v) is 24.8. The van der Waals surface area contributed by atoms with E-state index in [2.05, 4.69) is 22.0 Å². The Kier molecular flexibility index (Phi) is 7.62. The van der Waals surface area contributed by atoms with E-state index in [0.29, 0.717) is 29.8 Å². The molecule has 0 bridgehead atoms. The Balaban J connectivity index is 1.16. The van der Waals surface area contributed by atoms with E-state index < -0.39 is 0 Å². The highest BCUT2D eigenvalue weighted by Crippen LogP contribution is 2.40. The number of carbonyl (C=O) groups is 1. The van der Waals surface area contributed by atoms with Crippen LogP contribution in [0.2, 0.25) is 0 Å². The Morgan fingerprint density at radius 2 is 1.55 bits per heavy atom. The molecule has 0 aliphatic heterocycles. The normalized spacial score (nSPS) is 12.0. The van der Waals surface area contributed by atoms with Crippen LogP contribution in [0.1, 0.15) is 34.7 Å². The van der Waals surface area contributed by atoms with Crippen LogP contribution >= 0.6 is 0 Å². The van der Waals surface area contributed by atoms with Gasteiger partial charge in [0.05, 0.1) is 43.0 Å². The Morgan fingerprint density at radius 3 is 2.20 bits per heavy atom. The van der Waals surface area contributed by atoms with Gasteiger partial charge in [-0.1, -0.05) is 36.4 Å². The predicted molar refractivity (Wildman–Crippen MR) is 172 cm³/mol. The van der Waals surface area contributed by atoms with E-state index in [1.54, 1.807) is 14.2 Å². The van der Waals surface area contributed by atoms with Crippen molar-refractivity contribution in [3.63, 3.8) is 0 Å². The minimum Gasteiger partial charge on any atom is -0.497 e. The van der Waals surface area contributed by atoms with E-state index in [0.717, 1.165) is 61.5 Å². The van der Waals surface area contributed by atoms with Gasteiger partial charge in [-0.05, 0) is 82.8 Å². The molecule has 0 atom stereocenters. The van der Waals surface area contributed by atoms with Gasteiger partial charge in [-0.2, -0.15) is 10.5 Å². The highest BCUT2D eigenvalue weighted by molar-refractivity contribution is 6.03. The van der Waals surface area contributed by atoms with Gasteiger partial charge in [-0.15, -0.1) is 0 Å². The van der Waals surface area contributed by atoms with Crippen LogP contribution in [0, 0.1) is 22.7 Å². The molecule has 6 rings (SSSR count). The second-order valence-electron chi connectivity index (χ2n) is 10.6. The number of allylic oxidation sites excluding steroid dienone is 2. The molecular weight excluding hydrogens is 548 g/mol. The lowest BCUT2D eigenvalue weighted by Gasteiger charge is -2.11. The summed E-state index contributed by atoms with van der Waals surface area (Å²) in [6, 6.07) is 31.7. The Labute approximate surface area is 256 Å². The summed E-state index contributed by atoms with van der Waals surface area (Å²) in [5.74, 6) is 1.38. The monoisotopic (exact) mass is 578 g/mol. The largest absolute Gasteiger partial charge is 0.497 e. The number of aromatic nitrogens is 1. The van der Waals surface area contributed by atoms with E-state index in [1.165, 1.54) is 0 Å². The molecule has 1 aromatic heterocycles. The molecule has 1 heterocycles. The summed E-state index contributed by atoms with van der Waals surface area (Å²) in [7, 11) is 3.27. The van der Waals surface area contributed by atoms with Crippen LogP contribution in [-0.2, 0) is 24.2 Å². The van der Waals surface area contributed by atoms with Gasteiger partial charge in [-0.3, -0.25) is 4.79 Å². The number of nitrogens with one attached hydrogen (secondary N) is 1. The summed E-state index contributed by atoms with van der Waals surface area (Å²) in [6.07, 6.45) is 0.877. The number of hydrogen-bond acceptors (Lipinski definition) is 5. The van der Waals surface area contributed by atoms with Gasteiger partial charge in [0.25, 0.3) is 0 Å². The number of amides is 1. The van der Waals surface area contributed by atoms with Gasteiger partial charge in [0.15, 0.2) is 0 Å². The van der Waals surface area contributed by atoms with Crippen LogP contribution in [-0.4, -0.2) is 24.7 Å². The predicted octanol–water partition coefficient (Wildman–Crippen LogP) is 7.39. The Hall–Kier alpha value is -5.79. The van der Waals surface area contributed by atoms with Crippen LogP contribution in [0.15, 0.2) is 84.9 Å². The summed E-state index contributed by atoms with van der Waals surface area (Å²) in [4.78, 5) is 12.9. The molecule has 44 heavy (non-hydrogen) atoms. The van der Waals surface area contributed by atoms with Gasteiger partial charge in [-0.25, -0.2) is 0 Å². The second kappa shape index (κ2) is 11.8. The maximum absolute atomic E-state index is 12.9. The van der Waals surface area contributed by atoms with Crippen molar-refractivity contribution in [1.82, 2.24) is 4.57 Å². The quantitative estimate of drug-likeness (QED) is 0.207. The van der Waals surface area contributed by atoms with Gasteiger partial charge >= 0.3 is 0 Å². The van der Waals surface area contributed by atoms with Crippen molar-refractivity contribution in [3.05, 3.63) is 113 Å². The summed E-state index contributed by atoms with van der Waals surface area (Å²) < 4.78 is 12.9. The first-order valence-corrected chi connectivity index (χ1v) is 14.4. The zero-order chi connectivity index (χ0) is 30.8. The minimum atomic E-state index is -0.129. The van der Waals surface area contributed by atoms with Crippen molar-refractivity contribution in [3.8, 4) is 34.9 Å². The molecular formula is C37H30N4O3. The number of ether oxygens (including phenoxy) is 2. The molecule has 0 unspecified atom stereocenters. The zero-order valence-electron chi connectivity index (χ0n) is 24.8. The molecule has 7 heteroatoms. The molecule has 1 aliphatic carbocycles. The van der Waals surface area contributed by atoms with Crippen molar-refractivity contribution in [2.45, 2.75) is 26.3 Å². The highest BCUT2D eigenvalue weighted by Gasteiger charge is 2.23. The van der Waals surface area contributed by atoms with Gasteiger partial charge < -0.3 is 19.4 Å². The number of rotatable bonds is 8. The van der Waals surface area contributed by atoms with Gasteiger partial charge in [0.1, 0.15) is 23.6 Å². The third-order valence-corrected chi connectivity index (χ3v) is 8.17. The Morgan fingerprint density at radius 1 is 0.864 bits per heavy atom. The SMILES string of the molecule is CCn1c(-c2ccc(NC(=O)Cc3ccc(C4=C(C#N)c5ccc(OC)cc5C4)cc3)cc2)c(C#N)c2ccc(OC)cc21. The smallest absolute Gasteiger partial charge is 0.228 e. The molecule has 1 N–H and O–H groups in total. The molecule has 4 aromatic carbocycles. The van der Waals surface area contributed by atoms with Gasteiger partial charge in [0.2, 0.25) is 5.91 Å². The maximum atomic E-state index is 12.9. The van der Waals surface area contributed by atoms with Crippen molar-refractivity contribution >= 4 is 33.6 Å². The van der Waals surface area contributed by atoms with Crippen molar-refractivity contribution in [1.29, 1.82) is 10.5 Å². The lowest BCUT2D eigenvalue weighted by atomic mass is 9.99. The van der Waals surface area contributed by atoms with E-state index in [9.17, 15) is 15.3 Å². The third kappa shape index (κ3) is 5.06. The first-order chi connectivity index (χ1) is 21.5. The molecule has 7 nitrogen and oxygen atoms in total. The fourth-order valence-electron chi connectivity index (χ4n) is 6.03. The molecule has 0 saturated carbocycles. The fourth-order valence-corrected chi connectivity index (χ4v) is 6.03. The second-order valence-corrected chi connectivity index (χ2v) is 10.6. The maximum Gasteiger partial charge on any atom is 0.228 e. The number of fused-ring (bicyclic) bond motifs is 2. The van der Waals surface area contributed by atoms with Crippen molar-refractivity contribution in [2.24, 2.45) is 0 Å². The highest BCUT2D eigenvalue weighted by atomic mass is 16.5. The Bertz CT molecular complexity index is 2020. The first kappa shape index (κ1) is 28.3. The molecule has 0 fully saturated rings. The number of nitriles is 2. The van der Waals surface area contributed by atoms with Crippen molar-refractivity contribution in [2.75, 3.05) is 19.5 Å². The minimum absolute atomic E-state index is 0.129. The summed E-state index contributed by atoms with van der Waals surface area (Å²) >= 11 is 0. The van der Waals surface area contributed by atoms with Crippen LogP contribution < -0.4 is 14.8 Å². The number of aryl methyl sites for hydroxylation is 1. The van der Waals surface area contributed by atoms with E-state index >= 15 is 0 Å². The van der Waals surface area contributed by atoms with E-state index in [4.69, 9.17) is 9.47 Å². The molecule has 0 radical (unpaired) electrons. The first-order valence-electron chi connectivity index (χ1n) is 14.4. The van der Waals surface area contributed by atoms with Crippen molar-refractivity contribution < 1.29 is 14.3 Å².